The summed E-state index contributed by atoms with van der Waals surface area (Å²) in [5.41, 5.74) is 4.41. The zero-order valence-corrected chi connectivity index (χ0v) is 7.75. The van der Waals surface area contributed by atoms with Gasteiger partial charge in [-0.1, -0.05) is 0 Å². The van der Waals surface area contributed by atoms with E-state index in [-0.39, 0.29) is 11.4 Å². The molecule has 72 valence electrons. The minimum atomic E-state index is -0.489. The normalized spacial score (nSPS) is 10.4. The van der Waals surface area contributed by atoms with Crippen molar-refractivity contribution in [2.45, 2.75) is 0 Å². The SMILES string of the molecule is NNc1ccc2scnc2c1[N+](=O)[O-]. The van der Waals surface area contributed by atoms with Crippen LogP contribution in [-0.2, 0) is 0 Å². The number of hydrogen-bond acceptors (Lipinski definition) is 6. The molecular weight excluding hydrogens is 204 g/mol. The van der Waals surface area contributed by atoms with E-state index in [4.69, 9.17) is 5.84 Å². The van der Waals surface area contributed by atoms with Crippen LogP contribution in [0.3, 0.4) is 0 Å². The fourth-order valence-corrected chi connectivity index (χ4v) is 1.90. The van der Waals surface area contributed by atoms with Crippen LogP contribution in [0.5, 0.6) is 0 Å². The van der Waals surface area contributed by atoms with E-state index >= 15 is 0 Å². The van der Waals surface area contributed by atoms with Crippen molar-refractivity contribution in [1.82, 2.24) is 4.98 Å². The number of nitrogens with zero attached hydrogens (tertiary/aromatic N) is 2. The number of nitrogen functional groups attached to an aromatic ring is 1. The third-order valence-electron chi connectivity index (χ3n) is 1.81. The molecule has 0 fully saturated rings. The molecule has 1 aromatic heterocycles. The summed E-state index contributed by atoms with van der Waals surface area (Å²) in [7, 11) is 0. The maximum absolute atomic E-state index is 10.8. The van der Waals surface area contributed by atoms with Gasteiger partial charge >= 0.3 is 5.69 Å². The highest BCUT2D eigenvalue weighted by Gasteiger charge is 2.19. The first-order valence-electron chi connectivity index (χ1n) is 3.71. The number of nitro benzene ring substituents is 1. The number of benzene rings is 1. The lowest BCUT2D eigenvalue weighted by atomic mass is 10.2. The molecule has 0 aliphatic heterocycles. The molecule has 7 heteroatoms. The first-order chi connectivity index (χ1) is 6.74. The second kappa shape index (κ2) is 3.20. The predicted octanol–water partition coefficient (Wildman–Crippen LogP) is 1.49. The summed E-state index contributed by atoms with van der Waals surface area (Å²) in [6.45, 7) is 0. The molecule has 3 N–H and O–H groups in total. The zero-order chi connectivity index (χ0) is 10.1. The van der Waals surface area contributed by atoms with Crippen LogP contribution in [0.1, 0.15) is 0 Å². The van der Waals surface area contributed by atoms with Gasteiger partial charge in [-0.2, -0.15) is 0 Å². The van der Waals surface area contributed by atoms with E-state index < -0.39 is 4.92 Å². The number of rotatable bonds is 2. The van der Waals surface area contributed by atoms with Gasteiger partial charge in [-0.15, -0.1) is 11.3 Å². The van der Waals surface area contributed by atoms with Crippen molar-refractivity contribution in [3.8, 4) is 0 Å². The van der Waals surface area contributed by atoms with Crippen LogP contribution < -0.4 is 11.3 Å². The Morgan fingerprint density at radius 2 is 2.36 bits per heavy atom. The molecular formula is C7H6N4O2S. The number of hydrazine groups is 1. The van der Waals surface area contributed by atoms with Crippen molar-refractivity contribution in [2.75, 3.05) is 5.43 Å². The molecule has 0 bridgehead atoms. The number of fused-ring (bicyclic) bond motifs is 1. The summed E-state index contributed by atoms with van der Waals surface area (Å²) in [6, 6.07) is 3.31. The average Bonchev–Trinajstić information content (AvgIpc) is 2.62. The van der Waals surface area contributed by atoms with Crippen LogP contribution in [0.4, 0.5) is 11.4 Å². The van der Waals surface area contributed by atoms with Crippen molar-refractivity contribution in [2.24, 2.45) is 5.84 Å². The van der Waals surface area contributed by atoms with Crippen LogP contribution in [-0.4, -0.2) is 9.91 Å². The highest BCUT2D eigenvalue weighted by Crippen LogP contribution is 2.33. The number of thiazole rings is 1. The number of aromatic nitrogens is 1. The van der Waals surface area contributed by atoms with E-state index in [1.807, 2.05) is 0 Å². The van der Waals surface area contributed by atoms with Crippen molar-refractivity contribution >= 4 is 32.9 Å². The highest BCUT2D eigenvalue weighted by atomic mass is 32.1. The van der Waals surface area contributed by atoms with Gasteiger partial charge in [-0.25, -0.2) is 4.98 Å². The summed E-state index contributed by atoms with van der Waals surface area (Å²) in [5, 5.41) is 10.8. The molecule has 0 aliphatic carbocycles. The molecule has 0 amide bonds. The number of nitrogens with two attached hydrogens (primary N) is 1. The quantitative estimate of drug-likeness (QED) is 0.445. The molecule has 14 heavy (non-hydrogen) atoms. The van der Waals surface area contributed by atoms with E-state index in [2.05, 4.69) is 10.4 Å². The van der Waals surface area contributed by atoms with Crippen molar-refractivity contribution in [1.29, 1.82) is 0 Å². The smallest absolute Gasteiger partial charge is 0.318 e. The Morgan fingerprint density at radius 1 is 1.57 bits per heavy atom. The molecule has 0 atom stereocenters. The number of nitro groups is 1. The summed E-state index contributed by atoms with van der Waals surface area (Å²) in [4.78, 5) is 14.2. The van der Waals surface area contributed by atoms with E-state index in [9.17, 15) is 10.1 Å². The molecule has 0 spiro atoms. The van der Waals surface area contributed by atoms with Crippen LogP contribution in [0.25, 0.3) is 10.2 Å². The van der Waals surface area contributed by atoms with Crippen molar-refractivity contribution in [3.05, 3.63) is 27.8 Å². The second-order valence-electron chi connectivity index (χ2n) is 2.56. The van der Waals surface area contributed by atoms with Gasteiger partial charge in [0.05, 0.1) is 15.1 Å². The Kier molecular flexibility index (Phi) is 2.02. The van der Waals surface area contributed by atoms with E-state index in [1.54, 1.807) is 17.6 Å². The minimum Gasteiger partial charge on any atom is -0.318 e. The Morgan fingerprint density at radius 3 is 3.00 bits per heavy atom. The van der Waals surface area contributed by atoms with E-state index in [1.165, 1.54) is 11.3 Å². The van der Waals surface area contributed by atoms with Crippen LogP contribution in [0.2, 0.25) is 0 Å². The predicted molar refractivity (Wildman–Crippen MR) is 54.1 cm³/mol. The Labute approximate surface area is 82.5 Å². The molecule has 0 saturated carbocycles. The van der Waals surface area contributed by atoms with Crippen LogP contribution in [0.15, 0.2) is 17.6 Å². The lowest BCUT2D eigenvalue weighted by Crippen LogP contribution is -2.09. The molecule has 6 nitrogen and oxygen atoms in total. The maximum atomic E-state index is 10.8. The van der Waals surface area contributed by atoms with E-state index in [0.29, 0.717) is 5.52 Å². The third kappa shape index (κ3) is 1.19. The second-order valence-corrected chi connectivity index (χ2v) is 3.45. The van der Waals surface area contributed by atoms with Gasteiger partial charge in [-0.3, -0.25) is 16.0 Å². The molecule has 0 unspecified atom stereocenters. The van der Waals surface area contributed by atoms with Gasteiger partial charge in [0.25, 0.3) is 0 Å². The molecule has 0 aliphatic rings. The molecule has 1 heterocycles. The largest absolute Gasteiger partial charge is 0.320 e. The summed E-state index contributed by atoms with van der Waals surface area (Å²) >= 11 is 1.35. The summed E-state index contributed by atoms with van der Waals surface area (Å²) in [5.74, 6) is 5.17. The fraction of sp³-hybridized carbons (Fsp3) is 0. The van der Waals surface area contributed by atoms with Crippen LogP contribution >= 0.6 is 11.3 Å². The van der Waals surface area contributed by atoms with Gasteiger partial charge < -0.3 is 5.43 Å². The summed E-state index contributed by atoms with van der Waals surface area (Å²) < 4.78 is 0.774. The molecule has 0 radical (unpaired) electrons. The third-order valence-corrected chi connectivity index (χ3v) is 2.61. The first-order valence-corrected chi connectivity index (χ1v) is 4.59. The van der Waals surface area contributed by atoms with Crippen LogP contribution in [0, 0.1) is 10.1 Å². The molecule has 1 aromatic carbocycles. The van der Waals surface area contributed by atoms with Gasteiger partial charge in [0.2, 0.25) is 0 Å². The lowest BCUT2D eigenvalue weighted by Gasteiger charge is -2.00. The average molecular weight is 210 g/mol. The van der Waals surface area contributed by atoms with Crippen molar-refractivity contribution < 1.29 is 4.92 Å². The molecule has 2 aromatic rings. The number of anilines is 1. The Hall–Kier alpha value is -1.73. The molecule has 2 rings (SSSR count). The first kappa shape index (κ1) is 8.85. The maximum Gasteiger partial charge on any atom is 0.320 e. The highest BCUT2D eigenvalue weighted by molar-refractivity contribution is 7.16. The van der Waals surface area contributed by atoms with Gasteiger partial charge in [0.1, 0.15) is 5.69 Å². The zero-order valence-electron chi connectivity index (χ0n) is 6.93. The number of hydrogen-bond donors (Lipinski definition) is 2. The summed E-state index contributed by atoms with van der Waals surface area (Å²) in [6.07, 6.45) is 0. The Bertz CT molecular complexity index is 495. The van der Waals surface area contributed by atoms with Gasteiger partial charge in [0, 0.05) is 0 Å². The Balaban J connectivity index is 2.82. The minimum absolute atomic E-state index is 0.0775. The standard InChI is InChI=1S/C7H6N4O2S/c8-10-4-1-2-5-6(9-3-14-5)7(4)11(12)13/h1-3,10H,8H2. The number of nitrogens with one attached hydrogen (secondary N) is 1. The lowest BCUT2D eigenvalue weighted by molar-refractivity contribution is -0.382. The monoisotopic (exact) mass is 210 g/mol. The fourth-order valence-electron chi connectivity index (χ4n) is 1.22. The van der Waals surface area contributed by atoms with Gasteiger partial charge in [-0.05, 0) is 12.1 Å². The molecule has 0 saturated heterocycles. The van der Waals surface area contributed by atoms with Crippen molar-refractivity contribution in [3.63, 3.8) is 0 Å². The van der Waals surface area contributed by atoms with E-state index in [0.717, 1.165) is 4.70 Å². The van der Waals surface area contributed by atoms with Gasteiger partial charge in [0.15, 0.2) is 5.52 Å². The topological polar surface area (TPSA) is 94.1 Å².